The topological polar surface area (TPSA) is 50.2 Å². The van der Waals surface area contributed by atoms with Crippen LogP contribution in [0.4, 0.5) is 0 Å². The van der Waals surface area contributed by atoms with Crippen LogP contribution in [0.5, 0.6) is 0 Å². The molecule has 0 atom stereocenters. The Labute approximate surface area is 93.3 Å². The van der Waals surface area contributed by atoms with Crippen LogP contribution in [0, 0.1) is 6.92 Å². The molecule has 0 saturated heterocycles. The van der Waals surface area contributed by atoms with Crippen molar-refractivity contribution < 1.29 is 0 Å². The second kappa shape index (κ2) is 3.47. The second-order valence-corrected chi connectivity index (χ2v) is 4.54. The van der Waals surface area contributed by atoms with Crippen molar-refractivity contribution in [2.75, 3.05) is 0 Å². The van der Waals surface area contributed by atoms with Gasteiger partial charge in [0.2, 0.25) is 0 Å². The van der Waals surface area contributed by atoms with Crippen LogP contribution in [0.3, 0.4) is 0 Å². The first-order valence-corrected chi connectivity index (χ1v) is 5.86. The Bertz CT molecular complexity index is 594. The molecule has 0 radical (unpaired) electrons. The summed E-state index contributed by atoms with van der Waals surface area (Å²) in [4.78, 5) is 16.8. The van der Waals surface area contributed by atoms with Crippen LogP contribution in [0.15, 0.2) is 10.9 Å². The first-order chi connectivity index (χ1) is 7.75. The van der Waals surface area contributed by atoms with Gasteiger partial charge in [-0.1, -0.05) is 6.42 Å². The molecule has 1 N–H and O–H groups in total. The molecule has 16 heavy (non-hydrogen) atoms. The minimum Gasteiger partial charge on any atom is -0.294 e. The molecule has 4 nitrogen and oxygen atoms in total. The molecule has 0 aromatic carbocycles. The third kappa shape index (κ3) is 1.37. The van der Waals surface area contributed by atoms with Gasteiger partial charge in [-0.3, -0.25) is 9.89 Å². The lowest BCUT2D eigenvalue weighted by Crippen LogP contribution is -2.22. The molecule has 4 heteroatoms. The lowest BCUT2D eigenvalue weighted by Gasteiger charge is -2.03. The Morgan fingerprint density at radius 3 is 3.00 bits per heavy atom. The first kappa shape index (κ1) is 9.63. The Morgan fingerprint density at radius 2 is 2.12 bits per heavy atom. The van der Waals surface area contributed by atoms with Crippen molar-refractivity contribution in [1.29, 1.82) is 0 Å². The standard InChI is InChI=1S/C12H15N3O/c1-8-7-11-13-10-6-4-2-3-5-9(10)12(16)15(11)14-8/h7,14H,2-6H2,1H3. The van der Waals surface area contributed by atoms with E-state index in [-0.39, 0.29) is 5.56 Å². The smallest absolute Gasteiger partial charge is 0.276 e. The van der Waals surface area contributed by atoms with E-state index in [1.54, 1.807) is 4.52 Å². The number of nitrogens with zero attached hydrogens (tertiary/aromatic N) is 2. The molecule has 2 heterocycles. The van der Waals surface area contributed by atoms with Gasteiger partial charge >= 0.3 is 0 Å². The van der Waals surface area contributed by atoms with Gasteiger partial charge in [-0.15, -0.1) is 0 Å². The van der Waals surface area contributed by atoms with E-state index in [9.17, 15) is 4.79 Å². The summed E-state index contributed by atoms with van der Waals surface area (Å²) < 4.78 is 1.57. The fourth-order valence-electron chi connectivity index (χ4n) is 2.45. The van der Waals surface area contributed by atoms with E-state index in [1.807, 2.05) is 13.0 Å². The molecule has 0 bridgehead atoms. The van der Waals surface area contributed by atoms with Crippen molar-refractivity contribution in [3.05, 3.63) is 33.4 Å². The van der Waals surface area contributed by atoms with Crippen molar-refractivity contribution in [3.63, 3.8) is 0 Å². The fraction of sp³-hybridized carbons (Fsp3) is 0.500. The van der Waals surface area contributed by atoms with Gasteiger partial charge < -0.3 is 0 Å². The van der Waals surface area contributed by atoms with Crippen molar-refractivity contribution in [1.82, 2.24) is 14.6 Å². The Morgan fingerprint density at radius 1 is 1.31 bits per heavy atom. The summed E-state index contributed by atoms with van der Waals surface area (Å²) in [6.07, 6.45) is 5.29. The fourth-order valence-corrected chi connectivity index (χ4v) is 2.45. The molecule has 0 spiro atoms. The van der Waals surface area contributed by atoms with Gasteiger partial charge in [-0.2, -0.15) is 0 Å². The van der Waals surface area contributed by atoms with Gasteiger partial charge in [0.05, 0.1) is 5.69 Å². The molecule has 0 fully saturated rings. The number of hydrogen-bond acceptors (Lipinski definition) is 2. The molecule has 2 aromatic rings. The predicted molar refractivity (Wildman–Crippen MR) is 61.8 cm³/mol. The van der Waals surface area contributed by atoms with Crippen LogP contribution >= 0.6 is 0 Å². The van der Waals surface area contributed by atoms with Gasteiger partial charge in [-0.05, 0) is 32.6 Å². The predicted octanol–water partition coefficient (Wildman–Crippen LogP) is 1.60. The SMILES string of the molecule is Cc1cc2nc3c(c(=O)n2[nH]1)CCCCC3. The number of hydrogen-bond donors (Lipinski definition) is 1. The highest BCUT2D eigenvalue weighted by Crippen LogP contribution is 2.16. The van der Waals surface area contributed by atoms with Crippen LogP contribution in [0.2, 0.25) is 0 Å². The average Bonchev–Trinajstić information content (AvgIpc) is 2.48. The van der Waals surface area contributed by atoms with Gasteiger partial charge in [0.25, 0.3) is 5.56 Å². The number of fused-ring (bicyclic) bond motifs is 2. The molecule has 3 rings (SSSR count). The van der Waals surface area contributed by atoms with Crippen molar-refractivity contribution in [2.45, 2.75) is 39.0 Å². The molecule has 1 aliphatic rings. The van der Waals surface area contributed by atoms with Crippen LogP contribution in [0.25, 0.3) is 5.65 Å². The van der Waals surface area contributed by atoms with E-state index >= 15 is 0 Å². The zero-order chi connectivity index (χ0) is 11.1. The monoisotopic (exact) mass is 217 g/mol. The van der Waals surface area contributed by atoms with Crippen molar-refractivity contribution in [3.8, 4) is 0 Å². The summed E-state index contributed by atoms with van der Waals surface area (Å²) in [5, 5.41) is 3.04. The summed E-state index contributed by atoms with van der Waals surface area (Å²) in [6, 6.07) is 1.92. The highest BCUT2D eigenvalue weighted by molar-refractivity contribution is 5.41. The van der Waals surface area contributed by atoms with E-state index in [1.165, 1.54) is 6.42 Å². The minimum absolute atomic E-state index is 0.0926. The highest BCUT2D eigenvalue weighted by Gasteiger charge is 2.15. The normalized spacial score (nSPS) is 16.1. The second-order valence-electron chi connectivity index (χ2n) is 4.54. The average molecular weight is 217 g/mol. The van der Waals surface area contributed by atoms with E-state index in [0.717, 1.165) is 48.3 Å². The van der Waals surface area contributed by atoms with E-state index in [0.29, 0.717) is 0 Å². The molecule has 84 valence electrons. The van der Waals surface area contributed by atoms with Gasteiger partial charge in [0.15, 0.2) is 5.65 Å². The maximum atomic E-state index is 12.2. The van der Waals surface area contributed by atoms with Gasteiger partial charge in [-0.25, -0.2) is 9.50 Å². The maximum absolute atomic E-state index is 12.2. The largest absolute Gasteiger partial charge is 0.294 e. The van der Waals surface area contributed by atoms with Crippen LogP contribution < -0.4 is 5.56 Å². The minimum atomic E-state index is 0.0926. The zero-order valence-corrected chi connectivity index (χ0v) is 9.42. The highest BCUT2D eigenvalue weighted by atomic mass is 16.1. The maximum Gasteiger partial charge on any atom is 0.276 e. The molecule has 1 aliphatic carbocycles. The van der Waals surface area contributed by atoms with Gasteiger partial charge in [0.1, 0.15) is 0 Å². The van der Waals surface area contributed by atoms with Crippen LogP contribution in [0.1, 0.15) is 36.2 Å². The van der Waals surface area contributed by atoms with Crippen LogP contribution in [-0.2, 0) is 12.8 Å². The lowest BCUT2D eigenvalue weighted by molar-refractivity contribution is 0.708. The molecular formula is C12H15N3O. The number of rotatable bonds is 0. The quantitative estimate of drug-likeness (QED) is 0.681. The Hall–Kier alpha value is -1.58. The summed E-state index contributed by atoms with van der Waals surface area (Å²) in [5.41, 5.74) is 3.75. The molecule has 0 aliphatic heterocycles. The number of aryl methyl sites for hydroxylation is 2. The summed E-state index contributed by atoms with van der Waals surface area (Å²) in [5.74, 6) is 0. The van der Waals surface area contributed by atoms with Crippen molar-refractivity contribution in [2.24, 2.45) is 0 Å². The molecular weight excluding hydrogens is 202 g/mol. The van der Waals surface area contributed by atoms with E-state index in [2.05, 4.69) is 10.1 Å². The van der Waals surface area contributed by atoms with Crippen molar-refractivity contribution >= 4 is 5.65 Å². The number of aromatic amines is 1. The lowest BCUT2D eigenvalue weighted by atomic mass is 10.1. The first-order valence-electron chi connectivity index (χ1n) is 5.86. The summed E-state index contributed by atoms with van der Waals surface area (Å²) >= 11 is 0. The zero-order valence-electron chi connectivity index (χ0n) is 9.42. The Kier molecular flexibility index (Phi) is 2.09. The van der Waals surface area contributed by atoms with E-state index in [4.69, 9.17) is 0 Å². The van der Waals surface area contributed by atoms with Gasteiger partial charge in [0, 0.05) is 17.3 Å². The summed E-state index contributed by atoms with van der Waals surface area (Å²) in [7, 11) is 0. The molecule has 0 saturated carbocycles. The molecule has 0 amide bonds. The third-order valence-electron chi connectivity index (χ3n) is 3.26. The van der Waals surface area contributed by atoms with E-state index < -0.39 is 0 Å². The summed E-state index contributed by atoms with van der Waals surface area (Å²) in [6.45, 7) is 1.94. The number of H-pyrrole nitrogens is 1. The molecule has 2 aromatic heterocycles. The molecule has 0 unspecified atom stereocenters. The third-order valence-corrected chi connectivity index (χ3v) is 3.26. The number of nitrogens with one attached hydrogen (secondary N) is 1. The Balaban J connectivity index is 2.33. The number of aromatic nitrogens is 3. The van der Waals surface area contributed by atoms with Crippen LogP contribution in [-0.4, -0.2) is 14.6 Å².